The Morgan fingerprint density at radius 3 is 2.62 bits per heavy atom. The zero-order chi connectivity index (χ0) is 34.2. The number of rotatable bonds is 10. The number of pyridine rings is 1. The van der Waals surface area contributed by atoms with Crippen molar-refractivity contribution in [1.82, 2.24) is 35.2 Å². The summed E-state index contributed by atoms with van der Waals surface area (Å²) in [7, 11) is 0. The van der Waals surface area contributed by atoms with E-state index in [1.165, 1.54) is 29.8 Å². The quantitative estimate of drug-likeness (QED) is 0.177. The van der Waals surface area contributed by atoms with Crippen LogP contribution in [0, 0.1) is 12.9 Å². The van der Waals surface area contributed by atoms with Gasteiger partial charge in [-0.05, 0) is 83.9 Å². The number of amides is 2. The van der Waals surface area contributed by atoms with Crippen LogP contribution in [0.5, 0.6) is 5.88 Å². The van der Waals surface area contributed by atoms with Crippen molar-refractivity contribution in [3.8, 4) is 17.3 Å². The Kier molecular flexibility index (Phi) is 9.52. The normalized spacial score (nSPS) is 20.2. The third kappa shape index (κ3) is 7.06. The molecule has 1 saturated carbocycles. The molecule has 13 nitrogen and oxygen atoms in total. The largest absolute Gasteiger partial charge is 0.473 e. The fourth-order valence-corrected chi connectivity index (χ4v) is 7.32. The first-order valence-electron chi connectivity index (χ1n) is 16.5. The van der Waals surface area contributed by atoms with Crippen LogP contribution < -0.4 is 31.7 Å². The molecule has 4 aromatic heterocycles. The minimum atomic E-state index is -0.971. The van der Waals surface area contributed by atoms with E-state index < -0.39 is 11.9 Å². The molecule has 1 saturated heterocycles. The first-order chi connectivity index (χ1) is 22.9. The minimum absolute atomic E-state index is 0.0194. The van der Waals surface area contributed by atoms with E-state index in [2.05, 4.69) is 56.4 Å². The smallest absolute Gasteiger partial charge is 0.267 e. The summed E-state index contributed by atoms with van der Waals surface area (Å²) in [6, 6.07) is 4.93. The Hall–Kier alpha value is -4.37. The van der Waals surface area contributed by atoms with Gasteiger partial charge in [0.15, 0.2) is 10.7 Å². The molecule has 0 spiro atoms. The van der Waals surface area contributed by atoms with Gasteiger partial charge in [0.25, 0.3) is 11.8 Å². The third-order valence-electron chi connectivity index (χ3n) is 9.38. The fourth-order valence-electron chi connectivity index (χ4n) is 6.57. The van der Waals surface area contributed by atoms with Crippen LogP contribution in [0.2, 0.25) is 0 Å². The molecule has 15 heteroatoms. The predicted molar refractivity (Wildman–Crippen MR) is 183 cm³/mol. The monoisotopic (exact) mass is 678 g/mol. The highest BCUT2D eigenvalue weighted by atomic mass is 32.1. The van der Waals surface area contributed by atoms with Crippen LogP contribution in [0.15, 0.2) is 24.5 Å². The molecule has 0 bridgehead atoms. The maximum atomic E-state index is 14.6. The summed E-state index contributed by atoms with van der Waals surface area (Å²) in [5.41, 5.74) is 13.4. The van der Waals surface area contributed by atoms with Crippen LogP contribution in [0.1, 0.15) is 90.8 Å². The van der Waals surface area contributed by atoms with Crippen LogP contribution in [-0.4, -0.2) is 73.2 Å². The Balaban J connectivity index is 1.16. The van der Waals surface area contributed by atoms with Crippen molar-refractivity contribution in [2.45, 2.75) is 96.4 Å². The van der Waals surface area contributed by atoms with E-state index in [9.17, 15) is 14.0 Å². The number of thiazole rings is 1. The summed E-state index contributed by atoms with van der Waals surface area (Å²) in [6.45, 7) is 9.75. The van der Waals surface area contributed by atoms with E-state index in [4.69, 9.17) is 16.2 Å². The number of fused-ring (bicyclic) bond motifs is 1. The van der Waals surface area contributed by atoms with Gasteiger partial charge in [-0.2, -0.15) is 9.49 Å². The van der Waals surface area contributed by atoms with Gasteiger partial charge in [0, 0.05) is 30.7 Å². The number of piperidine rings is 1. The highest BCUT2D eigenvalue weighted by molar-refractivity contribution is 7.13. The molecule has 6 N–H and O–H groups in total. The molecule has 0 aromatic carbocycles. The van der Waals surface area contributed by atoms with Crippen molar-refractivity contribution in [2.75, 3.05) is 23.7 Å². The topological polar surface area (TPSA) is 179 Å². The maximum absolute atomic E-state index is 14.6. The average molecular weight is 679 g/mol. The Morgan fingerprint density at radius 2 is 1.92 bits per heavy atom. The van der Waals surface area contributed by atoms with E-state index >= 15 is 0 Å². The van der Waals surface area contributed by atoms with E-state index in [0.717, 1.165) is 55.6 Å². The number of hydrogen-bond donors (Lipinski definition) is 4. The molecule has 1 aliphatic heterocycles. The Morgan fingerprint density at radius 1 is 1.15 bits per heavy atom. The van der Waals surface area contributed by atoms with Gasteiger partial charge in [-0.3, -0.25) is 9.59 Å². The van der Waals surface area contributed by atoms with Crippen molar-refractivity contribution in [1.29, 1.82) is 0 Å². The number of aryl methyl sites for hydroxylation is 1. The number of hydrogen-bond acceptors (Lipinski definition) is 11. The van der Waals surface area contributed by atoms with E-state index in [0.29, 0.717) is 41.1 Å². The zero-order valence-electron chi connectivity index (χ0n) is 27.8. The molecule has 1 atom stereocenters. The molecule has 2 fully saturated rings. The van der Waals surface area contributed by atoms with Gasteiger partial charge in [0.2, 0.25) is 11.8 Å². The maximum Gasteiger partial charge on any atom is 0.267 e. The van der Waals surface area contributed by atoms with E-state index in [1.54, 1.807) is 4.52 Å². The second-order valence-corrected chi connectivity index (χ2v) is 14.5. The number of ether oxygens (including phenoxy) is 1. The van der Waals surface area contributed by atoms with Crippen molar-refractivity contribution in [3.63, 3.8) is 0 Å². The Labute approximate surface area is 282 Å². The molecule has 48 heavy (non-hydrogen) atoms. The molecule has 256 valence electrons. The molecule has 2 aliphatic rings. The zero-order valence-corrected chi connectivity index (χ0v) is 28.6. The number of nitrogen functional groups attached to an aromatic ring is 1. The van der Waals surface area contributed by atoms with Crippen molar-refractivity contribution in [2.24, 2.45) is 5.73 Å². The van der Waals surface area contributed by atoms with Crippen molar-refractivity contribution < 1.29 is 18.7 Å². The van der Waals surface area contributed by atoms with Crippen LogP contribution >= 0.6 is 11.3 Å². The second-order valence-electron chi connectivity index (χ2n) is 13.3. The van der Waals surface area contributed by atoms with Gasteiger partial charge in [-0.25, -0.2) is 19.5 Å². The first-order valence-corrected chi connectivity index (χ1v) is 17.3. The number of carbonyl (C=O) groups excluding carboxylic acids is 2. The molecule has 0 radical (unpaired) electrons. The van der Waals surface area contributed by atoms with Crippen LogP contribution in [-0.2, 0) is 0 Å². The lowest BCUT2D eigenvalue weighted by Crippen LogP contribution is -2.48. The minimum Gasteiger partial charge on any atom is -0.473 e. The number of nitrogens with one attached hydrogen (secondary N) is 2. The van der Waals surface area contributed by atoms with E-state index in [-0.39, 0.29) is 40.7 Å². The summed E-state index contributed by atoms with van der Waals surface area (Å²) >= 11 is 1.34. The molecule has 0 unspecified atom stereocenters. The lowest BCUT2D eigenvalue weighted by Gasteiger charge is -2.35. The number of anilines is 2. The number of primary amides is 1. The first kappa shape index (κ1) is 33.5. The van der Waals surface area contributed by atoms with Crippen molar-refractivity contribution >= 4 is 40.2 Å². The van der Waals surface area contributed by atoms with Gasteiger partial charge in [0.1, 0.15) is 17.9 Å². The van der Waals surface area contributed by atoms with Gasteiger partial charge < -0.3 is 31.7 Å². The van der Waals surface area contributed by atoms with Crippen LogP contribution in [0.3, 0.4) is 0 Å². The summed E-state index contributed by atoms with van der Waals surface area (Å²) < 4.78 is 22.6. The summed E-state index contributed by atoms with van der Waals surface area (Å²) in [5, 5.41) is 12.1. The molecular weight excluding hydrogens is 635 g/mol. The number of aromatic nitrogens is 5. The molecule has 5 heterocycles. The number of carbonyl (C=O) groups is 2. The molecule has 2 amide bonds. The molecule has 4 aromatic rings. The van der Waals surface area contributed by atoms with E-state index in [1.807, 2.05) is 13.0 Å². The lowest BCUT2D eigenvalue weighted by atomic mass is 9.90. The van der Waals surface area contributed by atoms with Gasteiger partial charge in [0.05, 0.1) is 27.6 Å². The number of nitrogens with two attached hydrogens (primary N) is 2. The number of halogens is 1. The standard InChI is InChI=1S/C33H43FN10O3S/c1-5-33(3,4)42-19-8-10-21(11-9-19)47-32-27(48-18(2)39-32)31(46)40-20-7-6-14-43(16-20)25-15-24(44-26(25)29(35)37-17-38-44)23-13-12-22(30(36)45)28(34)41-23/h12-13,15,17,19-21,42H,5-11,14,16H2,1-4H3,(H2,36,45)(H,40,46)(H2,35,37,38)/t19?,20-,21?/m1/s1. The highest BCUT2D eigenvalue weighted by Gasteiger charge is 2.31. The lowest BCUT2D eigenvalue weighted by molar-refractivity contribution is 0.0918. The van der Waals surface area contributed by atoms with Gasteiger partial charge >= 0.3 is 0 Å². The van der Waals surface area contributed by atoms with Gasteiger partial charge in [-0.15, -0.1) is 11.3 Å². The number of nitrogens with zero attached hydrogens (tertiary/aromatic N) is 6. The summed E-state index contributed by atoms with van der Waals surface area (Å²) in [4.78, 5) is 40.6. The molecule has 6 rings (SSSR count). The predicted octanol–water partition coefficient (Wildman–Crippen LogP) is 4.24. The summed E-state index contributed by atoms with van der Waals surface area (Å²) in [6.07, 6.45) is 7.85. The summed E-state index contributed by atoms with van der Waals surface area (Å²) in [5.74, 6) is -1.43. The second kappa shape index (κ2) is 13.6. The van der Waals surface area contributed by atoms with Crippen LogP contribution in [0.25, 0.3) is 16.9 Å². The molecule has 1 aliphatic carbocycles. The highest BCUT2D eigenvalue weighted by Crippen LogP contribution is 2.35. The van der Waals surface area contributed by atoms with Crippen molar-refractivity contribution in [3.05, 3.63) is 45.9 Å². The van der Waals surface area contributed by atoms with Crippen LogP contribution in [0.4, 0.5) is 15.9 Å². The molecular formula is C33H43FN10O3S. The average Bonchev–Trinajstić information content (AvgIpc) is 3.63. The fraction of sp³-hybridized carbons (Fsp3) is 0.515. The third-order valence-corrected chi connectivity index (χ3v) is 10.3. The SMILES string of the molecule is CCC(C)(C)NC1CCC(Oc2nc(C)sc2C(=O)N[C@@H]2CCCN(c3cc(-c4ccc(C(N)=O)c(F)n4)n4ncnc(N)c34)C2)CC1. The van der Waals surface area contributed by atoms with Gasteiger partial charge in [-0.1, -0.05) is 6.92 Å². The Bertz CT molecular complexity index is 1820.